The largest absolute Gasteiger partial charge is 0.497 e. The zero-order chi connectivity index (χ0) is 41.2. The van der Waals surface area contributed by atoms with Crippen molar-refractivity contribution < 1.29 is 50.5 Å². The van der Waals surface area contributed by atoms with Crippen molar-refractivity contribution >= 4 is 29.3 Å². The smallest absolute Gasteiger partial charge is 0.418 e. The minimum atomic E-state index is -5.13. The number of alkyl halides is 3. The molecule has 1 aliphatic rings. The number of pyridine rings is 1. The summed E-state index contributed by atoms with van der Waals surface area (Å²) in [4.78, 5) is 45.8. The zero-order valence-corrected chi connectivity index (χ0v) is 31.3. The summed E-state index contributed by atoms with van der Waals surface area (Å²) < 4.78 is 93.8. The molecule has 2 heterocycles. The minimum Gasteiger partial charge on any atom is -0.497 e. The predicted molar refractivity (Wildman–Crippen MR) is 201 cm³/mol. The molecule has 2 amide bonds. The summed E-state index contributed by atoms with van der Waals surface area (Å²) in [5, 5.41) is 0. The normalized spacial score (nSPS) is 12.5. The van der Waals surface area contributed by atoms with Gasteiger partial charge >= 0.3 is 12.1 Å². The number of carbonyl (C=O) groups excluding carboxylic acids is 3. The van der Waals surface area contributed by atoms with Crippen LogP contribution in [0, 0.1) is 18.6 Å². The SMILES string of the molecule is COC(=O)c1c(N)c(F)c(-c2nc(N(Cc3ccc(OC)cc3)Cc3ccc(OC)cc3)cc(C)c2C(F)(F)F)c(CCCN2C(=O)c3ccccc3C2=O)c1F. The van der Waals surface area contributed by atoms with Crippen molar-refractivity contribution in [1.82, 2.24) is 9.88 Å². The number of hydrogen-bond acceptors (Lipinski definition) is 9. The Hall–Kier alpha value is -6.51. The lowest BCUT2D eigenvalue weighted by Crippen LogP contribution is -2.31. The van der Waals surface area contributed by atoms with E-state index in [0.717, 1.165) is 23.1 Å². The lowest BCUT2D eigenvalue weighted by molar-refractivity contribution is -0.137. The van der Waals surface area contributed by atoms with Crippen LogP contribution in [0.15, 0.2) is 78.9 Å². The van der Waals surface area contributed by atoms with Crippen molar-refractivity contribution in [2.45, 2.75) is 39.0 Å². The highest BCUT2D eigenvalue weighted by atomic mass is 19.4. The number of rotatable bonds is 13. The van der Waals surface area contributed by atoms with Crippen LogP contribution in [0.25, 0.3) is 11.3 Å². The number of methoxy groups -OCH3 is 3. The second-order valence-corrected chi connectivity index (χ2v) is 13.2. The molecule has 57 heavy (non-hydrogen) atoms. The number of hydrogen-bond donors (Lipinski definition) is 1. The van der Waals surface area contributed by atoms with E-state index in [2.05, 4.69) is 9.72 Å². The molecule has 0 bridgehead atoms. The first-order valence-corrected chi connectivity index (χ1v) is 17.6. The van der Waals surface area contributed by atoms with Crippen LogP contribution < -0.4 is 20.1 Å². The number of fused-ring (bicyclic) bond motifs is 1. The number of aryl methyl sites for hydroxylation is 1. The number of aromatic nitrogens is 1. The second kappa shape index (κ2) is 16.3. The quantitative estimate of drug-likeness (QED) is 0.0545. The lowest BCUT2D eigenvalue weighted by atomic mass is 9.90. The van der Waals surface area contributed by atoms with Gasteiger partial charge in [0.2, 0.25) is 0 Å². The summed E-state index contributed by atoms with van der Waals surface area (Å²) in [7, 11) is 3.92. The van der Waals surface area contributed by atoms with E-state index in [0.29, 0.717) is 11.5 Å². The Balaban J connectivity index is 1.50. The van der Waals surface area contributed by atoms with Crippen LogP contribution in [-0.4, -0.2) is 55.5 Å². The maximum Gasteiger partial charge on any atom is 0.418 e. The molecule has 1 aromatic heterocycles. The van der Waals surface area contributed by atoms with Gasteiger partial charge in [-0.25, -0.2) is 18.6 Å². The zero-order valence-electron chi connectivity index (χ0n) is 31.3. The number of imide groups is 1. The number of carbonyl (C=O) groups is 3. The van der Waals surface area contributed by atoms with Crippen molar-refractivity contribution in [1.29, 1.82) is 0 Å². The molecule has 2 N–H and O–H groups in total. The monoisotopic (exact) mass is 788 g/mol. The van der Waals surface area contributed by atoms with Gasteiger partial charge in [-0.15, -0.1) is 0 Å². The average molecular weight is 789 g/mol. The van der Waals surface area contributed by atoms with Gasteiger partial charge in [-0.2, -0.15) is 13.2 Å². The molecule has 5 aromatic rings. The predicted octanol–water partition coefficient (Wildman–Crippen LogP) is 8.18. The number of amides is 2. The van der Waals surface area contributed by atoms with Crippen molar-refractivity contribution in [2.24, 2.45) is 0 Å². The number of nitrogens with zero attached hydrogens (tertiary/aromatic N) is 3. The van der Waals surface area contributed by atoms with Gasteiger partial charge in [0.05, 0.1) is 49.4 Å². The van der Waals surface area contributed by atoms with Crippen LogP contribution in [0.4, 0.5) is 33.5 Å². The molecule has 0 radical (unpaired) electrons. The highest BCUT2D eigenvalue weighted by Gasteiger charge is 2.41. The van der Waals surface area contributed by atoms with Crippen LogP contribution in [0.1, 0.15) is 65.3 Å². The fourth-order valence-electron chi connectivity index (χ4n) is 6.87. The summed E-state index contributed by atoms with van der Waals surface area (Å²) in [5.41, 5.74) is 1.35. The Labute approximate surface area is 324 Å². The van der Waals surface area contributed by atoms with Gasteiger partial charge in [0.25, 0.3) is 11.8 Å². The first-order chi connectivity index (χ1) is 27.2. The third-order valence-electron chi connectivity index (χ3n) is 9.70. The van der Waals surface area contributed by atoms with Gasteiger partial charge in [0, 0.05) is 30.8 Å². The number of ether oxygens (including phenoxy) is 3. The molecule has 0 saturated carbocycles. The maximum absolute atomic E-state index is 16.7. The van der Waals surface area contributed by atoms with E-state index in [1.165, 1.54) is 39.3 Å². The third kappa shape index (κ3) is 7.95. The number of esters is 1. The molecule has 1 aliphatic heterocycles. The highest BCUT2D eigenvalue weighted by Crippen LogP contribution is 2.45. The Morgan fingerprint density at radius 3 is 1.82 bits per heavy atom. The van der Waals surface area contributed by atoms with E-state index in [-0.39, 0.29) is 48.6 Å². The first kappa shape index (κ1) is 40.2. The summed E-state index contributed by atoms with van der Waals surface area (Å²) in [6, 6.07) is 21.3. The van der Waals surface area contributed by atoms with Crippen LogP contribution >= 0.6 is 0 Å². The van der Waals surface area contributed by atoms with Gasteiger partial charge in [-0.3, -0.25) is 14.5 Å². The number of halogens is 5. The molecule has 6 rings (SSSR count). The van der Waals surface area contributed by atoms with Crippen LogP contribution in [0.3, 0.4) is 0 Å². The average Bonchev–Trinajstić information content (AvgIpc) is 3.44. The van der Waals surface area contributed by atoms with Crippen LogP contribution in [-0.2, 0) is 30.4 Å². The molecule has 15 heteroatoms. The van der Waals surface area contributed by atoms with Crippen molar-refractivity contribution in [3.05, 3.63) is 135 Å². The van der Waals surface area contributed by atoms with Gasteiger partial charge < -0.3 is 24.8 Å². The van der Waals surface area contributed by atoms with Crippen molar-refractivity contribution in [3.8, 4) is 22.8 Å². The summed E-state index contributed by atoms with van der Waals surface area (Å²) >= 11 is 0. The minimum absolute atomic E-state index is 0.0189. The van der Waals surface area contributed by atoms with E-state index in [4.69, 9.17) is 15.2 Å². The van der Waals surface area contributed by atoms with E-state index in [9.17, 15) is 14.4 Å². The van der Waals surface area contributed by atoms with Crippen LogP contribution in [0.2, 0.25) is 0 Å². The molecule has 10 nitrogen and oxygen atoms in total. The second-order valence-electron chi connectivity index (χ2n) is 13.2. The number of nitrogen functional groups attached to an aromatic ring is 1. The maximum atomic E-state index is 16.7. The summed E-state index contributed by atoms with van der Waals surface area (Å²) in [5.74, 6) is -4.42. The molecule has 0 atom stereocenters. The molecule has 296 valence electrons. The van der Waals surface area contributed by atoms with Crippen molar-refractivity contribution in [2.75, 3.05) is 38.5 Å². The van der Waals surface area contributed by atoms with Crippen molar-refractivity contribution in [3.63, 3.8) is 0 Å². The highest BCUT2D eigenvalue weighted by molar-refractivity contribution is 6.21. The molecule has 0 saturated heterocycles. The lowest BCUT2D eigenvalue weighted by Gasteiger charge is -2.28. The van der Waals surface area contributed by atoms with E-state index in [1.54, 1.807) is 65.6 Å². The Morgan fingerprint density at radius 1 is 0.825 bits per heavy atom. The van der Waals surface area contributed by atoms with Gasteiger partial charge in [0.15, 0.2) is 5.82 Å². The van der Waals surface area contributed by atoms with Gasteiger partial charge in [-0.05, 0) is 78.9 Å². The van der Waals surface area contributed by atoms with E-state index < -0.39 is 75.7 Å². The molecule has 0 fully saturated rings. The van der Waals surface area contributed by atoms with Gasteiger partial charge in [0.1, 0.15) is 28.7 Å². The fraction of sp³-hybridized carbons (Fsp3) is 0.238. The molecule has 4 aromatic carbocycles. The summed E-state index contributed by atoms with van der Waals surface area (Å²) in [6.07, 6.45) is -5.91. The third-order valence-corrected chi connectivity index (χ3v) is 9.70. The number of benzene rings is 4. The summed E-state index contributed by atoms with van der Waals surface area (Å²) in [6.45, 7) is 1.10. The molecular formula is C42H37F5N4O6. The Morgan fingerprint density at radius 2 is 1.35 bits per heavy atom. The van der Waals surface area contributed by atoms with E-state index >= 15 is 22.0 Å². The number of nitrogens with two attached hydrogens (primary N) is 1. The van der Waals surface area contributed by atoms with E-state index in [1.807, 2.05) is 0 Å². The topological polar surface area (TPSA) is 124 Å². The molecule has 0 spiro atoms. The van der Waals surface area contributed by atoms with Crippen LogP contribution in [0.5, 0.6) is 11.5 Å². The fourth-order valence-corrected chi connectivity index (χ4v) is 6.87. The molecular weight excluding hydrogens is 751 g/mol. The standard InChI is InChI=1S/C42H37F5N4O6/c1-23-20-31(50(21-24-11-15-26(55-2)16-12-24)22-25-13-17-27(56-3)18-14-25)49-38(34(23)42(45,46)47)32-30(35(43)33(41(54)57-4)37(48)36(32)44)10-7-19-51-39(52)28-8-5-6-9-29(28)40(51)53/h5-6,8-9,11-18,20H,7,10,19,21-22,48H2,1-4H3. The molecule has 0 aliphatic carbocycles. The number of anilines is 2. The Kier molecular flexibility index (Phi) is 11.5. The Bertz CT molecular complexity index is 2270. The first-order valence-electron chi connectivity index (χ1n) is 17.6. The van der Waals surface area contributed by atoms with Gasteiger partial charge in [-0.1, -0.05) is 36.4 Å². The molecule has 0 unspecified atom stereocenters.